The summed E-state index contributed by atoms with van der Waals surface area (Å²) in [6, 6.07) is 0.737. The number of halogens is 1. The summed E-state index contributed by atoms with van der Waals surface area (Å²) in [5.41, 5.74) is 0. The minimum atomic E-state index is -0.539. The Bertz CT molecular complexity index is 114. The fourth-order valence-corrected chi connectivity index (χ4v) is 1.48. The predicted molar refractivity (Wildman–Crippen MR) is 40.8 cm³/mol. The molecule has 0 amide bonds. The molecule has 1 saturated carbocycles. The third-order valence-corrected chi connectivity index (χ3v) is 2.14. The first-order valence-corrected chi connectivity index (χ1v) is 4.06. The van der Waals surface area contributed by atoms with Crippen LogP contribution in [-0.2, 0) is 0 Å². The van der Waals surface area contributed by atoms with Crippen LogP contribution in [0.1, 0.15) is 27.2 Å². The van der Waals surface area contributed by atoms with E-state index < -0.39 is 6.17 Å². The average Bonchev–Trinajstić information content (AvgIpc) is 2.48. The third kappa shape index (κ3) is 1.48. The molecule has 1 aliphatic carbocycles. The summed E-state index contributed by atoms with van der Waals surface area (Å²) in [6.07, 6.45) is 0.216. The van der Waals surface area contributed by atoms with Crippen molar-refractivity contribution in [3.8, 4) is 0 Å². The Morgan fingerprint density at radius 2 is 2.10 bits per heavy atom. The molecule has 0 unspecified atom stereocenters. The molecular weight excluding hydrogens is 129 g/mol. The van der Waals surface area contributed by atoms with Gasteiger partial charge in [-0.05, 0) is 26.8 Å². The van der Waals surface area contributed by atoms with Crippen molar-refractivity contribution in [3.63, 3.8) is 0 Å². The molecule has 0 saturated heterocycles. The Kier molecular flexibility index (Phi) is 2.29. The quantitative estimate of drug-likeness (QED) is 0.585. The zero-order valence-corrected chi connectivity index (χ0v) is 6.97. The van der Waals surface area contributed by atoms with Crippen LogP contribution in [-0.4, -0.2) is 29.7 Å². The molecule has 2 atom stereocenters. The van der Waals surface area contributed by atoms with Gasteiger partial charge in [-0.3, -0.25) is 4.90 Å². The van der Waals surface area contributed by atoms with Crippen molar-refractivity contribution in [1.82, 2.24) is 4.90 Å². The fraction of sp³-hybridized carbons (Fsp3) is 1.00. The summed E-state index contributed by atoms with van der Waals surface area (Å²) in [4.78, 5) is 2.21. The van der Waals surface area contributed by atoms with E-state index in [-0.39, 0.29) is 6.04 Å². The Morgan fingerprint density at radius 3 is 2.20 bits per heavy atom. The van der Waals surface area contributed by atoms with Gasteiger partial charge in [0.05, 0.1) is 0 Å². The van der Waals surface area contributed by atoms with Crippen molar-refractivity contribution in [1.29, 1.82) is 0 Å². The van der Waals surface area contributed by atoms with Crippen LogP contribution in [0, 0.1) is 0 Å². The maximum absolute atomic E-state index is 12.5. The van der Waals surface area contributed by atoms with Crippen molar-refractivity contribution in [2.75, 3.05) is 6.54 Å². The molecule has 0 N–H and O–H groups in total. The van der Waals surface area contributed by atoms with Crippen LogP contribution in [0.2, 0.25) is 0 Å². The van der Waals surface area contributed by atoms with Crippen molar-refractivity contribution in [2.24, 2.45) is 0 Å². The van der Waals surface area contributed by atoms with Gasteiger partial charge in [0.25, 0.3) is 0 Å². The molecule has 2 heteroatoms. The van der Waals surface area contributed by atoms with E-state index >= 15 is 0 Å². The molecule has 0 bridgehead atoms. The van der Waals surface area contributed by atoms with Gasteiger partial charge >= 0.3 is 0 Å². The van der Waals surface area contributed by atoms with Gasteiger partial charge in [-0.15, -0.1) is 0 Å². The van der Waals surface area contributed by atoms with E-state index in [0.29, 0.717) is 6.04 Å². The summed E-state index contributed by atoms with van der Waals surface area (Å²) in [5, 5.41) is 0. The van der Waals surface area contributed by atoms with Crippen LogP contribution >= 0.6 is 0 Å². The molecule has 60 valence electrons. The first-order valence-electron chi connectivity index (χ1n) is 4.06. The summed E-state index contributed by atoms with van der Waals surface area (Å²) in [6.45, 7) is 7.30. The predicted octanol–water partition coefficient (Wildman–Crippen LogP) is 1.83. The van der Waals surface area contributed by atoms with Gasteiger partial charge in [-0.25, -0.2) is 4.39 Å². The van der Waals surface area contributed by atoms with Crippen LogP contribution in [0.25, 0.3) is 0 Å². The average molecular weight is 145 g/mol. The zero-order valence-electron chi connectivity index (χ0n) is 6.97. The van der Waals surface area contributed by atoms with E-state index in [9.17, 15) is 4.39 Å². The molecule has 0 aromatic carbocycles. The molecule has 0 aliphatic heterocycles. The highest BCUT2D eigenvalue weighted by Gasteiger charge is 2.42. The van der Waals surface area contributed by atoms with Gasteiger partial charge in [0.1, 0.15) is 6.17 Å². The van der Waals surface area contributed by atoms with E-state index in [1.165, 1.54) is 0 Å². The van der Waals surface area contributed by atoms with Crippen molar-refractivity contribution < 1.29 is 4.39 Å². The lowest BCUT2D eigenvalue weighted by Crippen LogP contribution is -2.33. The number of rotatable bonds is 3. The van der Waals surface area contributed by atoms with E-state index in [1.807, 2.05) is 0 Å². The first-order chi connectivity index (χ1) is 4.66. The van der Waals surface area contributed by atoms with E-state index in [2.05, 4.69) is 25.7 Å². The van der Waals surface area contributed by atoms with E-state index in [4.69, 9.17) is 0 Å². The van der Waals surface area contributed by atoms with Gasteiger partial charge in [-0.2, -0.15) is 0 Å². The molecule has 0 heterocycles. The molecule has 1 nitrogen and oxygen atoms in total. The molecule has 0 aromatic rings. The van der Waals surface area contributed by atoms with E-state index in [1.54, 1.807) is 0 Å². The van der Waals surface area contributed by atoms with Crippen LogP contribution in [0.5, 0.6) is 0 Å². The summed E-state index contributed by atoms with van der Waals surface area (Å²) >= 11 is 0. The number of nitrogens with zero attached hydrogens (tertiary/aromatic N) is 1. The van der Waals surface area contributed by atoms with Crippen molar-refractivity contribution in [3.05, 3.63) is 0 Å². The molecular formula is C8H16FN. The first kappa shape index (κ1) is 7.99. The lowest BCUT2D eigenvalue weighted by molar-refractivity contribution is 0.202. The van der Waals surface area contributed by atoms with Gasteiger partial charge in [-0.1, -0.05) is 6.92 Å². The smallest absolute Gasteiger partial charge is 0.117 e. The van der Waals surface area contributed by atoms with Gasteiger partial charge in [0.2, 0.25) is 0 Å². The molecule has 0 aromatic heterocycles. The highest BCUT2D eigenvalue weighted by molar-refractivity contribution is 4.96. The standard InChI is InChI=1S/C8H16FN/c1-4-10(6(2)3)8-5-7(8)9/h6-8H,4-5H2,1-3H3/t7-,8-/m1/s1. The Morgan fingerprint density at radius 1 is 1.60 bits per heavy atom. The summed E-state index contributed by atoms with van der Waals surface area (Å²) < 4.78 is 12.5. The monoisotopic (exact) mass is 145 g/mol. The van der Waals surface area contributed by atoms with Crippen molar-refractivity contribution in [2.45, 2.75) is 45.4 Å². The second-order valence-electron chi connectivity index (χ2n) is 3.24. The number of alkyl halides is 1. The molecule has 0 spiro atoms. The minimum absolute atomic E-state index is 0.241. The fourth-order valence-electron chi connectivity index (χ4n) is 1.48. The van der Waals surface area contributed by atoms with Crippen LogP contribution in [0.4, 0.5) is 4.39 Å². The van der Waals surface area contributed by atoms with Gasteiger partial charge in [0, 0.05) is 12.1 Å². The van der Waals surface area contributed by atoms with E-state index in [0.717, 1.165) is 13.0 Å². The SMILES string of the molecule is CCN(C(C)C)[C@@H]1C[C@H]1F. The lowest BCUT2D eigenvalue weighted by atomic mass is 10.3. The minimum Gasteiger partial charge on any atom is -0.295 e. The van der Waals surface area contributed by atoms with Crippen LogP contribution < -0.4 is 0 Å². The summed E-state index contributed by atoms with van der Waals surface area (Å²) in [5.74, 6) is 0. The molecule has 1 aliphatic rings. The van der Waals surface area contributed by atoms with Gasteiger partial charge in [0.15, 0.2) is 0 Å². The number of hydrogen-bond acceptors (Lipinski definition) is 1. The second kappa shape index (κ2) is 2.87. The lowest BCUT2D eigenvalue weighted by Gasteiger charge is -2.23. The maximum atomic E-state index is 12.5. The topological polar surface area (TPSA) is 3.24 Å². The third-order valence-electron chi connectivity index (χ3n) is 2.14. The number of hydrogen-bond donors (Lipinski definition) is 0. The zero-order chi connectivity index (χ0) is 7.72. The van der Waals surface area contributed by atoms with Crippen LogP contribution in [0.15, 0.2) is 0 Å². The summed E-state index contributed by atoms with van der Waals surface area (Å²) in [7, 11) is 0. The molecule has 1 rings (SSSR count). The Labute approximate surface area is 62.2 Å². The van der Waals surface area contributed by atoms with Crippen LogP contribution in [0.3, 0.4) is 0 Å². The van der Waals surface area contributed by atoms with Crippen molar-refractivity contribution >= 4 is 0 Å². The largest absolute Gasteiger partial charge is 0.295 e. The van der Waals surface area contributed by atoms with Gasteiger partial charge < -0.3 is 0 Å². The highest BCUT2D eigenvalue weighted by atomic mass is 19.1. The second-order valence-corrected chi connectivity index (χ2v) is 3.24. The Hall–Kier alpha value is -0.110. The molecule has 0 radical (unpaired) electrons. The maximum Gasteiger partial charge on any atom is 0.117 e. The normalized spacial score (nSPS) is 31.8. The Balaban J connectivity index is 2.34. The molecule has 1 fully saturated rings. The molecule has 10 heavy (non-hydrogen) atoms. The highest BCUT2D eigenvalue weighted by Crippen LogP contribution is 2.32.